The molecule has 0 amide bonds. The first-order chi connectivity index (χ1) is 9.63. The second-order valence-corrected chi connectivity index (χ2v) is 4.64. The molecule has 5 heteroatoms. The molecule has 2 rings (SSSR count). The third-order valence-corrected chi connectivity index (χ3v) is 3.12. The number of ether oxygens (including phenoxy) is 1. The highest BCUT2D eigenvalue weighted by atomic mass is 16.5. The van der Waals surface area contributed by atoms with E-state index in [9.17, 15) is 9.90 Å². The van der Waals surface area contributed by atoms with Gasteiger partial charge in [-0.05, 0) is 20.0 Å². The number of carbonyl (C=O) groups is 1. The Morgan fingerprint density at radius 3 is 2.85 bits per heavy atom. The van der Waals surface area contributed by atoms with Gasteiger partial charge in [0.1, 0.15) is 16.9 Å². The van der Waals surface area contributed by atoms with Gasteiger partial charge in [-0.3, -0.25) is 4.90 Å². The minimum Gasteiger partial charge on any atom is -0.478 e. The molecule has 0 atom stereocenters. The van der Waals surface area contributed by atoms with E-state index in [0.29, 0.717) is 36.5 Å². The molecule has 0 aliphatic rings. The molecule has 0 fully saturated rings. The van der Waals surface area contributed by atoms with Crippen molar-refractivity contribution < 1.29 is 19.1 Å². The molecule has 0 spiro atoms. The van der Waals surface area contributed by atoms with Crippen molar-refractivity contribution in [3.8, 4) is 0 Å². The lowest BCUT2D eigenvalue weighted by atomic mass is 10.1. The van der Waals surface area contributed by atoms with Crippen molar-refractivity contribution in [2.24, 2.45) is 0 Å². The van der Waals surface area contributed by atoms with Crippen molar-refractivity contribution in [2.45, 2.75) is 13.5 Å². The van der Waals surface area contributed by atoms with E-state index in [-0.39, 0.29) is 5.56 Å². The topological polar surface area (TPSA) is 62.9 Å². The molecule has 108 valence electrons. The van der Waals surface area contributed by atoms with Crippen molar-refractivity contribution >= 4 is 16.9 Å². The van der Waals surface area contributed by atoms with Gasteiger partial charge in [-0.1, -0.05) is 18.2 Å². The molecule has 1 aromatic heterocycles. The molecule has 1 heterocycles. The SMILES string of the molecule is CCOCCN(C)Cc1oc2ccccc2c1C(=O)O. The second-order valence-electron chi connectivity index (χ2n) is 4.64. The number of hydrogen-bond acceptors (Lipinski definition) is 4. The Morgan fingerprint density at radius 1 is 1.40 bits per heavy atom. The van der Waals surface area contributed by atoms with Gasteiger partial charge in [0.15, 0.2) is 0 Å². The van der Waals surface area contributed by atoms with E-state index in [1.807, 2.05) is 31.0 Å². The number of benzene rings is 1. The normalized spacial score (nSPS) is 11.3. The Hall–Kier alpha value is -1.85. The van der Waals surface area contributed by atoms with Gasteiger partial charge in [0, 0.05) is 18.5 Å². The standard InChI is InChI=1S/C15H19NO4/c1-3-19-9-8-16(2)10-13-14(15(17)18)11-6-4-5-7-12(11)20-13/h4-7H,3,8-10H2,1-2H3,(H,17,18). The van der Waals surface area contributed by atoms with Crippen LogP contribution in [0.15, 0.2) is 28.7 Å². The average molecular weight is 277 g/mol. The number of furan rings is 1. The molecule has 20 heavy (non-hydrogen) atoms. The zero-order valence-corrected chi connectivity index (χ0v) is 11.8. The summed E-state index contributed by atoms with van der Waals surface area (Å²) in [7, 11) is 1.91. The molecular formula is C15H19NO4. The van der Waals surface area contributed by atoms with Crippen LogP contribution in [0, 0.1) is 0 Å². The van der Waals surface area contributed by atoms with Crippen molar-refractivity contribution in [3.63, 3.8) is 0 Å². The fourth-order valence-corrected chi connectivity index (χ4v) is 2.13. The van der Waals surface area contributed by atoms with Crippen molar-refractivity contribution in [1.82, 2.24) is 4.90 Å². The maximum atomic E-state index is 11.4. The molecular weight excluding hydrogens is 258 g/mol. The van der Waals surface area contributed by atoms with E-state index < -0.39 is 5.97 Å². The van der Waals surface area contributed by atoms with Gasteiger partial charge in [-0.15, -0.1) is 0 Å². The zero-order valence-electron chi connectivity index (χ0n) is 11.8. The summed E-state index contributed by atoms with van der Waals surface area (Å²) in [5.74, 6) is -0.471. The molecule has 1 N–H and O–H groups in total. The summed E-state index contributed by atoms with van der Waals surface area (Å²) in [5.41, 5.74) is 0.863. The number of hydrogen-bond donors (Lipinski definition) is 1. The molecule has 0 aliphatic heterocycles. The molecule has 1 aromatic carbocycles. The Kier molecular flexibility index (Phi) is 4.76. The number of para-hydroxylation sites is 1. The number of aromatic carboxylic acids is 1. The van der Waals surface area contributed by atoms with E-state index in [2.05, 4.69) is 0 Å². The van der Waals surface area contributed by atoms with E-state index >= 15 is 0 Å². The predicted molar refractivity (Wildman–Crippen MR) is 76.0 cm³/mol. The summed E-state index contributed by atoms with van der Waals surface area (Å²) < 4.78 is 11.0. The lowest BCUT2D eigenvalue weighted by Crippen LogP contribution is -2.23. The highest BCUT2D eigenvalue weighted by Crippen LogP contribution is 2.26. The maximum Gasteiger partial charge on any atom is 0.339 e. The molecule has 0 bridgehead atoms. The highest BCUT2D eigenvalue weighted by Gasteiger charge is 2.20. The zero-order chi connectivity index (χ0) is 14.5. The fourth-order valence-electron chi connectivity index (χ4n) is 2.13. The van der Waals surface area contributed by atoms with Gasteiger partial charge in [-0.2, -0.15) is 0 Å². The maximum absolute atomic E-state index is 11.4. The van der Waals surface area contributed by atoms with Crippen LogP contribution < -0.4 is 0 Å². The van der Waals surface area contributed by atoms with Crippen LogP contribution in [-0.4, -0.2) is 42.8 Å². The van der Waals surface area contributed by atoms with Gasteiger partial charge in [0.2, 0.25) is 0 Å². The first-order valence-corrected chi connectivity index (χ1v) is 6.63. The summed E-state index contributed by atoms with van der Waals surface area (Å²) in [6, 6.07) is 7.20. The minimum absolute atomic E-state index is 0.254. The third-order valence-electron chi connectivity index (χ3n) is 3.12. The minimum atomic E-state index is -0.955. The van der Waals surface area contributed by atoms with E-state index in [1.165, 1.54) is 0 Å². The Balaban J connectivity index is 2.20. The van der Waals surface area contributed by atoms with Crippen LogP contribution in [0.5, 0.6) is 0 Å². The summed E-state index contributed by atoms with van der Waals surface area (Å²) in [6.07, 6.45) is 0. The first kappa shape index (κ1) is 14.6. The molecule has 5 nitrogen and oxygen atoms in total. The highest BCUT2D eigenvalue weighted by molar-refractivity contribution is 6.03. The monoisotopic (exact) mass is 277 g/mol. The molecule has 0 unspecified atom stereocenters. The molecule has 0 aliphatic carbocycles. The fraction of sp³-hybridized carbons (Fsp3) is 0.400. The van der Waals surface area contributed by atoms with Crippen molar-refractivity contribution in [1.29, 1.82) is 0 Å². The smallest absolute Gasteiger partial charge is 0.339 e. The molecule has 0 saturated carbocycles. The Labute approximate surface area is 117 Å². The first-order valence-electron chi connectivity index (χ1n) is 6.63. The number of carboxylic acid groups (broad SMARTS) is 1. The van der Waals surface area contributed by atoms with Crippen LogP contribution in [-0.2, 0) is 11.3 Å². The van der Waals surface area contributed by atoms with Crippen LogP contribution in [0.2, 0.25) is 0 Å². The van der Waals surface area contributed by atoms with Gasteiger partial charge in [-0.25, -0.2) is 4.79 Å². The summed E-state index contributed by atoms with van der Waals surface area (Å²) in [6.45, 7) is 4.42. The Bertz CT molecular complexity index is 591. The van der Waals surface area contributed by atoms with Crippen LogP contribution in [0.25, 0.3) is 11.0 Å². The van der Waals surface area contributed by atoms with Crippen LogP contribution in [0.4, 0.5) is 0 Å². The summed E-state index contributed by atoms with van der Waals surface area (Å²) >= 11 is 0. The average Bonchev–Trinajstić information content (AvgIpc) is 2.76. The van der Waals surface area contributed by atoms with Crippen LogP contribution in [0.3, 0.4) is 0 Å². The number of likely N-dealkylation sites (N-methyl/N-ethyl adjacent to an activating group) is 1. The van der Waals surface area contributed by atoms with Gasteiger partial charge < -0.3 is 14.3 Å². The van der Waals surface area contributed by atoms with Crippen LogP contribution in [0.1, 0.15) is 23.0 Å². The quantitative estimate of drug-likeness (QED) is 0.788. The van der Waals surface area contributed by atoms with Gasteiger partial charge >= 0.3 is 5.97 Å². The third kappa shape index (κ3) is 3.18. The van der Waals surface area contributed by atoms with E-state index in [0.717, 1.165) is 6.54 Å². The predicted octanol–water partition coefficient (Wildman–Crippen LogP) is 2.60. The number of rotatable bonds is 7. The lowest BCUT2D eigenvalue weighted by Gasteiger charge is -2.15. The molecule has 0 saturated heterocycles. The largest absolute Gasteiger partial charge is 0.478 e. The summed E-state index contributed by atoms with van der Waals surface area (Å²) in [5, 5.41) is 10.0. The van der Waals surface area contributed by atoms with E-state index in [1.54, 1.807) is 12.1 Å². The van der Waals surface area contributed by atoms with Crippen molar-refractivity contribution in [2.75, 3.05) is 26.8 Å². The lowest BCUT2D eigenvalue weighted by molar-refractivity contribution is 0.0694. The van der Waals surface area contributed by atoms with Crippen molar-refractivity contribution in [3.05, 3.63) is 35.6 Å². The summed E-state index contributed by atoms with van der Waals surface area (Å²) in [4.78, 5) is 13.4. The van der Waals surface area contributed by atoms with E-state index in [4.69, 9.17) is 9.15 Å². The second kappa shape index (κ2) is 6.54. The molecule has 2 aromatic rings. The number of fused-ring (bicyclic) bond motifs is 1. The Morgan fingerprint density at radius 2 is 2.15 bits per heavy atom. The van der Waals surface area contributed by atoms with Crippen LogP contribution >= 0.6 is 0 Å². The van der Waals surface area contributed by atoms with Gasteiger partial charge in [0.25, 0.3) is 0 Å². The van der Waals surface area contributed by atoms with Gasteiger partial charge in [0.05, 0.1) is 13.2 Å². The number of nitrogens with zero attached hydrogens (tertiary/aromatic N) is 1. The molecule has 0 radical (unpaired) electrons. The number of carboxylic acids is 1.